The molecule has 1 aliphatic carbocycles. The second-order valence-electron chi connectivity index (χ2n) is 5.53. The lowest BCUT2D eigenvalue weighted by Gasteiger charge is -2.41. The Labute approximate surface area is 111 Å². The van der Waals surface area contributed by atoms with Gasteiger partial charge in [0.2, 0.25) is 0 Å². The molecule has 1 N–H and O–H groups in total. The number of carbonyl (C=O) groups is 1. The van der Waals surface area contributed by atoms with E-state index in [2.05, 4.69) is 18.8 Å². The highest BCUT2D eigenvalue weighted by atomic mass is 16.7. The maximum atomic E-state index is 10.3. The van der Waals surface area contributed by atoms with E-state index in [9.17, 15) is 4.79 Å². The molecule has 0 aromatic carbocycles. The number of rotatable bonds is 2. The molecule has 4 heteroatoms. The van der Waals surface area contributed by atoms with E-state index in [-0.39, 0.29) is 14.1 Å². The molecule has 0 unspecified atom stereocenters. The van der Waals surface area contributed by atoms with E-state index < -0.39 is 5.97 Å². The van der Waals surface area contributed by atoms with Crippen molar-refractivity contribution < 1.29 is 22.2 Å². The second-order valence-corrected chi connectivity index (χ2v) is 5.53. The highest BCUT2D eigenvalue weighted by Crippen LogP contribution is 2.46. The molecule has 0 radical (unpaired) electrons. The van der Waals surface area contributed by atoms with Crippen LogP contribution >= 0.6 is 0 Å². The Bertz CT molecular complexity index is 370. The Morgan fingerprint density at radius 2 is 1.89 bits per heavy atom. The van der Waals surface area contributed by atoms with Crippen LogP contribution in [0.25, 0.3) is 0 Å². The molecule has 1 saturated heterocycles. The maximum absolute atomic E-state index is 10.3. The minimum Gasteiger partial charge on any atom is -0.472 e. The predicted octanol–water partition coefficient (Wildman–Crippen LogP) is 2.67. The van der Waals surface area contributed by atoms with Crippen molar-refractivity contribution in [3.8, 4) is 11.8 Å². The molecular formula is C14H24O4. The lowest BCUT2D eigenvalue weighted by Crippen LogP contribution is -2.38. The summed E-state index contributed by atoms with van der Waals surface area (Å²) in [6.07, 6.45) is 5.59. The van der Waals surface area contributed by atoms with Gasteiger partial charge in [0.05, 0.1) is 13.2 Å². The van der Waals surface area contributed by atoms with E-state index in [1.54, 1.807) is 0 Å². The van der Waals surface area contributed by atoms with Gasteiger partial charge in [-0.1, -0.05) is 12.8 Å². The van der Waals surface area contributed by atoms with Crippen LogP contribution in [0.3, 0.4) is 0 Å². The summed E-state index contributed by atoms with van der Waals surface area (Å²) in [5.74, 6) is 3.52. The smallest absolute Gasteiger partial charge is 0.381 e. The third-order valence-corrected chi connectivity index (χ3v) is 4.08. The van der Waals surface area contributed by atoms with Gasteiger partial charge < -0.3 is 14.6 Å². The predicted molar refractivity (Wildman–Crippen MR) is 70.1 cm³/mol. The van der Waals surface area contributed by atoms with Crippen LogP contribution in [0.15, 0.2) is 0 Å². The summed E-state index contributed by atoms with van der Waals surface area (Å²) in [6, 6.07) is 0. The average molecular weight is 256 g/mol. The van der Waals surface area contributed by atoms with Gasteiger partial charge in [0.25, 0.3) is 0 Å². The van der Waals surface area contributed by atoms with E-state index in [1.165, 1.54) is 0 Å². The molecule has 2 aliphatic rings. The molecule has 0 aromatic heterocycles. The second kappa shape index (κ2) is 5.29. The largest absolute Gasteiger partial charge is 0.472 e. The fraction of sp³-hybridized carbons (Fsp3) is 0.786. The van der Waals surface area contributed by atoms with E-state index in [0.29, 0.717) is 19.6 Å². The molecule has 2 rings (SSSR count). The zero-order chi connectivity index (χ0) is 13.1. The van der Waals surface area contributed by atoms with Crippen LogP contribution < -0.4 is 0 Å². The molecule has 1 spiro atoms. The van der Waals surface area contributed by atoms with E-state index in [0.717, 1.165) is 32.1 Å². The van der Waals surface area contributed by atoms with Crippen LogP contribution in [-0.2, 0) is 14.3 Å². The van der Waals surface area contributed by atoms with Crippen LogP contribution in [-0.4, -0.2) is 30.1 Å². The maximum Gasteiger partial charge on any atom is 0.381 e. The van der Waals surface area contributed by atoms with Crippen LogP contribution in [0.1, 0.15) is 48.3 Å². The fourth-order valence-electron chi connectivity index (χ4n) is 2.77. The van der Waals surface area contributed by atoms with Gasteiger partial charge in [0.15, 0.2) is 5.79 Å². The van der Waals surface area contributed by atoms with E-state index >= 15 is 0 Å². The van der Waals surface area contributed by atoms with Gasteiger partial charge in [-0.2, -0.15) is 0 Å². The van der Waals surface area contributed by atoms with Crippen molar-refractivity contribution in [3.05, 3.63) is 0 Å². The molecule has 2 fully saturated rings. The zero-order valence-corrected chi connectivity index (χ0v) is 10.8. The topological polar surface area (TPSA) is 55.8 Å². The number of carboxylic acids is 1. The van der Waals surface area contributed by atoms with Gasteiger partial charge in [-0.15, -0.1) is 0 Å². The molecule has 1 aliphatic heterocycles. The minimum atomic E-state index is -1.05. The average Bonchev–Trinajstić information content (AvgIpc) is 2.79. The van der Waals surface area contributed by atoms with Crippen molar-refractivity contribution in [1.82, 2.24) is 0 Å². The summed E-state index contributed by atoms with van der Waals surface area (Å²) in [7, 11) is 0. The lowest BCUT2D eigenvalue weighted by atomic mass is 9.71. The highest BCUT2D eigenvalue weighted by molar-refractivity contribution is 5.86. The van der Waals surface area contributed by atoms with Crippen LogP contribution in [0.2, 0.25) is 0 Å². The third-order valence-electron chi connectivity index (χ3n) is 4.08. The number of hydrogen-bond acceptors (Lipinski definition) is 3. The SMILES string of the molecule is CC1(CCC#CC(=O)O)CCC2(CC1)OCCO2.[HH].[HH]. The number of ether oxygens (including phenoxy) is 2. The molecular weight excluding hydrogens is 232 g/mol. The van der Waals surface area contributed by atoms with Crippen molar-refractivity contribution in [1.29, 1.82) is 0 Å². The molecule has 0 bridgehead atoms. The first-order chi connectivity index (χ1) is 8.54. The monoisotopic (exact) mass is 256 g/mol. The van der Waals surface area contributed by atoms with Gasteiger partial charge in [-0.05, 0) is 24.7 Å². The Morgan fingerprint density at radius 3 is 2.44 bits per heavy atom. The molecule has 18 heavy (non-hydrogen) atoms. The highest BCUT2D eigenvalue weighted by Gasteiger charge is 2.43. The fourth-order valence-corrected chi connectivity index (χ4v) is 2.77. The molecule has 1 saturated carbocycles. The Balaban J connectivity index is 0.00000180. The van der Waals surface area contributed by atoms with Crippen molar-refractivity contribution in [2.75, 3.05) is 13.2 Å². The van der Waals surface area contributed by atoms with Gasteiger partial charge in [-0.3, -0.25) is 0 Å². The first-order valence-corrected chi connectivity index (χ1v) is 6.53. The van der Waals surface area contributed by atoms with E-state index in [4.69, 9.17) is 14.6 Å². The molecule has 0 atom stereocenters. The zero-order valence-electron chi connectivity index (χ0n) is 10.8. The van der Waals surface area contributed by atoms with Crippen LogP contribution in [0.4, 0.5) is 0 Å². The molecule has 1 heterocycles. The summed E-state index contributed by atoms with van der Waals surface area (Å²) in [4.78, 5) is 10.3. The summed E-state index contributed by atoms with van der Waals surface area (Å²) in [5, 5.41) is 8.45. The Morgan fingerprint density at radius 1 is 1.28 bits per heavy atom. The van der Waals surface area contributed by atoms with Gasteiger partial charge >= 0.3 is 5.97 Å². The summed E-state index contributed by atoms with van der Waals surface area (Å²) in [6.45, 7) is 3.67. The molecule has 0 aromatic rings. The quantitative estimate of drug-likeness (QED) is 0.772. The number of aliphatic carboxylic acids is 1. The van der Waals surface area contributed by atoms with E-state index in [1.807, 2.05) is 0 Å². The van der Waals surface area contributed by atoms with Crippen molar-refractivity contribution in [2.24, 2.45) is 5.41 Å². The summed E-state index contributed by atoms with van der Waals surface area (Å²) in [5.41, 5.74) is 0.244. The summed E-state index contributed by atoms with van der Waals surface area (Å²) < 4.78 is 11.4. The van der Waals surface area contributed by atoms with Crippen molar-refractivity contribution in [2.45, 2.75) is 51.2 Å². The third kappa shape index (κ3) is 3.24. The van der Waals surface area contributed by atoms with Crippen molar-refractivity contribution >= 4 is 5.97 Å². The lowest BCUT2D eigenvalue weighted by molar-refractivity contribution is -0.190. The van der Waals surface area contributed by atoms with Gasteiger partial charge in [0.1, 0.15) is 0 Å². The Hall–Kier alpha value is -1.05. The molecule has 0 amide bonds. The Kier molecular flexibility index (Phi) is 3.94. The first-order valence-electron chi connectivity index (χ1n) is 6.53. The number of carboxylic acid groups (broad SMARTS) is 1. The number of hydrogen-bond donors (Lipinski definition) is 1. The molecule has 104 valence electrons. The van der Waals surface area contributed by atoms with Crippen LogP contribution in [0.5, 0.6) is 0 Å². The normalized spacial score (nSPS) is 24.5. The summed E-state index contributed by atoms with van der Waals surface area (Å²) >= 11 is 0. The first kappa shape index (κ1) is 13.4. The minimum absolute atomic E-state index is 0. The van der Waals surface area contributed by atoms with Crippen molar-refractivity contribution in [3.63, 3.8) is 0 Å². The van der Waals surface area contributed by atoms with Gasteiger partial charge in [0, 0.05) is 28.0 Å². The standard InChI is InChI=1S/C14H20O4.2H2/c1-13(5-3-2-4-12(15)16)6-8-14(9-7-13)17-10-11-18-14;;/h3,5-11H2,1H3,(H,15,16);2*1H. The van der Waals surface area contributed by atoms with Crippen LogP contribution in [0, 0.1) is 17.3 Å². The van der Waals surface area contributed by atoms with Gasteiger partial charge in [-0.25, -0.2) is 4.79 Å². The molecule has 4 nitrogen and oxygen atoms in total.